The van der Waals surface area contributed by atoms with Gasteiger partial charge in [0, 0.05) is 6.04 Å². The maximum absolute atomic E-state index is 12.0. The minimum atomic E-state index is -1.23. The molecule has 0 aliphatic carbocycles. The highest BCUT2D eigenvalue weighted by Gasteiger charge is 2.13. The SMILES string of the molecule is N[C@H](CCF)c1ccc(O)c(C(=O)O)c1. The van der Waals surface area contributed by atoms with E-state index in [0.717, 1.165) is 0 Å². The van der Waals surface area contributed by atoms with Crippen molar-refractivity contribution in [1.29, 1.82) is 0 Å². The molecule has 0 fully saturated rings. The highest BCUT2D eigenvalue weighted by atomic mass is 19.1. The first-order chi connectivity index (χ1) is 7.06. The molecule has 0 aliphatic heterocycles. The number of rotatable bonds is 4. The highest BCUT2D eigenvalue weighted by molar-refractivity contribution is 5.90. The Morgan fingerprint density at radius 1 is 1.53 bits per heavy atom. The number of carboxylic acids is 1. The highest BCUT2D eigenvalue weighted by Crippen LogP contribution is 2.22. The van der Waals surface area contributed by atoms with Crippen molar-refractivity contribution in [2.75, 3.05) is 6.67 Å². The molecule has 4 N–H and O–H groups in total. The van der Waals surface area contributed by atoms with Crippen molar-refractivity contribution in [3.8, 4) is 5.75 Å². The van der Waals surface area contributed by atoms with Crippen LogP contribution in [-0.2, 0) is 0 Å². The maximum atomic E-state index is 12.0. The van der Waals surface area contributed by atoms with Gasteiger partial charge in [-0.25, -0.2) is 4.79 Å². The quantitative estimate of drug-likeness (QED) is 0.706. The van der Waals surface area contributed by atoms with Crippen molar-refractivity contribution < 1.29 is 19.4 Å². The second kappa shape index (κ2) is 4.75. The van der Waals surface area contributed by atoms with E-state index in [4.69, 9.17) is 10.8 Å². The first-order valence-electron chi connectivity index (χ1n) is 4.44. The fourth-order valence-corrected chi connectivity index (χ4v) is 1.24. The van der Waals surface area contributed by atoms with Gasteiger partial charge in [-0.05, 0) is 24.1 Å². The molecule has 0 aliphatic rings. The Morgan fingerprint density at radius 3 is 2.73 bits per heavy atom. The molecule has 0 amide bonds. The molecule has 0 radical (unpaired) electrons. The largest absolute Gasteiger partial charge is 0.507 e. The Balaban J connectivity index is 3.02. The number of alkyl halides is 1. The minimum absolute atomic E-state index is 0.129. The van der Waals surface area contributed by atoms with Crippen molar-refractivity contribution in [3.05, 3.63) is 29.3 Å². The molecule has 1 aromatic carbocycles. The predicted molar refractivity (Wildman–Crippen MR) is 52.6 cm³/mol. The first-order valence-corrected chi connectivity index (χ1v) is 4.44. The summed E-state index contributed by atoms with van der Waals surface area (Å²) in [7, 11) is 0. The van der Waals surface area contributed by atoms with E-state index in [1.807, 2.05) is 0 Å². The molecule has 1 aromatic rings. The third-order valence-electron chi connectivity index (χ3n) is 2.10. The number of carboxylic acid groups (broad SMARTS) is 1. The normalized spacial score (nSPS) is 12.4. The lowest BCUT2D eigenvalue weighted by Crippen LogP contribution is -2.12. The lowest BCUT2D eigenvalue weighted by molar-refractivity contribution is 0.0693. The van der Waals surface area contributed by atoms with E-state index in [-0.39, 0.29) is 17.7 Å². The summed E-state index contributed by atoms with van der Waals surface area (Å²) in [5.41, 5.74) is 5.89. The Morgan fingerprint density at radius 2 is 2.20 bits per heavy atom. The van der Waals surface area contributed by atoms with Crippen LogP contribution in [0.15, 0.2) is 18.2 Å². The van der Waals surface area contributed by atoms with Crippen LogP contribution in [0.2, 0.25) is 0 Å². The van der Waals surface area contributed by atoms with Crippen molar-refractivity contribution in [2.45, 2.75) is 12.5 Å². The van der Waals surface area contributed by atoms with Crippen LogP contribution in [0.4, 0.5) is 4.39 Å². The van der Waals surface area contributed by atoms with E-state index >= 15 is 0 Å². The predicted octanol–water partition coefficient (Wildman–Crippen LogP) is 1.45. The summed E-state index contributed by atoms with van der Waals surface area (Å²) in [6.45, 7) is -0.565. The van der Waals surface area contributed by atoms with Crippen LogP contribution < -0.4 is 5.73 Å². The van der Waals surface area contributed by atoms with Crippen molar-refractivity contribution in [2.24, 2.45) is 5.73 Å². The van der Waals surface area contributed by atoms with Gasteiger partial charge in [0.15, 0.2) is 0 Å². The fraction of sp³-hybridized carbons (Fsp3) is 0.300. The zero-order valence-electron chi connectivity index (χ0n) is 7.98. The smallest absolute Gasteiger partial charge is 0.339 e. The van der Waals surface area contributed by atoms with Crippen LogP contribution in [0.25, 0.3) is 0 Å². The number of aromatic carboxylic acids is 1. The third-order valence-corrected chi connectivity index (χ3v) is 2.10. The van der Waals surface area contributed by atoms with Crippen LogP contribution in [0.3, 0.4) is 0 Å². The maximum Gasteiger partial charge on any atom is 0.339 e. The molecule has 15 heavy (non-hydrogen) atoms. The van der Waals surface area contributed by atoms with Gasteiger partial charge < -0.3 is 15.9 Å². The fourth-order valence-electron chi connectivity index (χ4n) is 1.24. The topological polar surface area (TPSA) is 83.5 Å². The minimum Gasteiger partial charge on any atom is -0.507 e. The number of nitrogens with two attached hydrogens (primary N) is 1. The van der Waals surface area contributed by atoms with Crippen molar-refractivity contribution >= 4 is 5.97 Å². The number of benzene rings is 1. The zero-order valence-corrected chi connectivity index (χ0v) is 7.98. The van der Waals surface area contributed by atoms with E-state index in [9.17, 15) is 14.3 Å². The van der Waals surface area contributed by atoms with Crippen LogP contribution in [0.5, 0.6) is 5.75 Å². The van der Waals surface area contributed by atoms with E-state index in [0.29, 0.717) is 5.56 Å². The van der Waals surface area contributed by atoms with E-state index < -0.39 is 18.7 Å². The zero-order chi connectivity index (χ0) is 11.4. The average Bonchev–Trinajstić information content (AvgIpc) is 2.18. The number of aromatic hydroxyl groups is 1. The van der Waals surface area contributed by atoms with Gasteiger partial charge in [0.25, 0.3) is 0 Å². The Kier molecular flexibility index (Phi) is 3.62. The molecule has 0 saturated heterocycles. The third kappa shape index (κ3) is 2.66. The lowest BCUT2D eigenvalue weighted by Gasteiger charge is -2.11. The van der Waals surface area contributed by atoms with E-state index in [1.54, 1.807) is 0 Å². The molecule has 4 nitrogen and oxygen atoms in total. The summed E-state index contributed by atoms with van der Waals surface area (Å²) >= 11 is 0. The lowest BCUT2D eigenvalue weighted by atomic mass is 10.0. The van der Waals surface area contributed by atoms with E-state index in [2.05, 4.69) is 0 Å². The monoisotopic (exact) mass is 213 g/mol. The Bertz CT molecular complexity index is 368. The summed E-state index contributed by atoms with van der Waals surface area (Å²) in [6.07, 6.45) is 0.129. The Hall–Kier alpha value is -1.62. The van der Waals surface area contributed by atoms with Crippen molar-refractivity contribution in [3.63, 3.8) is 0 Å². The number of phenols is 1. The average molecular weight is 213 g/mol. The number of carbonyl (C=O) groups is 1. The molecular weight excluding hydrogens is 201 g/mol. The summed E-state index contributed by atoms with van der Waals surface area (Å²) < 4.78 is 12.0. The molecule has 5 heteroatoms. The van der Waals surface area contributed by atoms with Gasteiger partial charge in [-0.1, -0.05) is 6.07 Å². The number of halogens is 1. The van der Waals surface area contributed by atoms with Gasteiger partial charge in [0.2, 0.25) is 0 Å². The molecule has 1 rings (SSSR count). The van der Waals surface area contributed by atoms with E-state index in [1.165, 1.54) is 18.2 Å². The summed E-state index contributed by atoms with van der Waals surface area (Å²) in [5.74, 6) is -1.56. The molecule has 0 bridgehead atoms. The Labute approximate surface area is 86.1 Å². The van der Waals surface area contributed by atoms with Gasteiger partial charge in [-0.3, -0.25) is 4.39 Å². The van der Waals surface area contributed by atoms with Crippen LogP contribution in [0, 0.1) is 0 Å². The molecule has 0 aromatic heterocycles. The standard InChI is InChI=1S/C10H12FNO3/c11-4-3-8(12)6-1-2-9(13)7(5-6)10(14)15/h1-2,5,8,13H,3-4,12H2,(H,14,15)/t8-/m1/s1. The molecule has 82 valence electrons. The summed E-state index contributed by atoms with van der Waals surface area (Å²) in [5, 5.41) is 17.9. The first kappa shape index (κ1) is 11.5. The van der Waals surface area contributed by atoms with Gasteiger partial charge >= 0.3 is 5.97 Å². The molecule has 0 heterocycles. The number of hydrogen-bond acceptors (Lipinski definition) is 3. The van der Waals surface area contributed by atoms with Crippen molar-refractivity contribution in [1.82, 2.24) is 0 Å². The summed E-state index contributed by atoms with van der Waals surface area (Å²) in [6, 6.07) is 3.45. The molecule has 0 spiro atoms. The van der Waals surface area contributed by atoms with Crippen LogP contribution >= 0.6 is 0 Å². The molecule has 0 saturated carbocycles. The van der Waals surface area contributed by atoms with Gasteiger partial charge in [-0.15, -0.1) is 0 Å². The number of hydrogen-bond donors (Lipinski definition) is 3. The van der Waals surface area contributed by atoms with Crippen LogP contribution in [-0.4, -0.2) is 22.9 Å². The molecule has 0 unspecified atom stereocenters. The van der Waals surface area contributed by atoms with Crippen LogP contribution in [0.1, 0.15) is 28.4 Å². The van der Waals surface area contributed by atoms with Gasteiger partial charge in [0.05, 0.1) is 6.67 Å². The molecular formula is C10H12FNO3. The van der Waals surface area contributed by atoms with Gasteiger partial charge in [-0.2, -0.15) is 0 Å². The molecule has 1 atom stereocenters. The van der Waals surface area contributed by atoms with Gasteiger partial charge in [0.1, 0.15) is 11.3 Å². The summed E-state index contributed by atoms with van der Waals surface area (Å²) in [4.78, 5) is 10.7. The second-order valence-corrected chi connectivity index (χ2v) is 3.17. The second-order valence-electron chi connectivity index (χ2n) is 3.17.